The Hall–Kier alpha value is -0.870. The summed E-state index contributed by atoms with van der Waals surface area (Å²) in [5.41, 5.74) is 0.381. The van der Waals surface area contributed by atoms with Crippen LogP contribution in [-0.4, -0.2) is 23.4 Å². The molecule has 110 valence electrons. The van der Waals surface area contributed by atoms with Gasteiger partial charge in [0.25, 0.3) is 0 Å². The van der Waals surface area contributed by atoms with E-state index in [2.05, 4.69) is 36.2 Å². The van der Waals surface area contributed by atoms with Crippen molar-refractivity contribution in [2.24, 2.45) is 5.41 Å². The van der Waals surface area contributed by atoms with Crippen LogP contribution in [0.5, 0.6) is 0 Å². The van der Waals surface area contributed by atoms with Crippen LogP contribution >= 0.6 is 11.3 Å². The number of hydrogen-bond acceptors (Lipinski definition) is 3. The minimum atomic E-state index is -0.0589. The fraction of sp³-hybridized carbons (Fsp3) is 0.688. The first-order valence-electron chi connectivity index (χ1n) is 7.67. The second-order valence-electron chi connectivity index (χ2n) is 6.41. The SMILES string of the molecule is CCC1(CN2C(=O)C(C)NC2c2ccc(C)s2)CCC1. The Morgan fingerprint density at radius 3 is 2.70 bits per heavy atom. The van der Waals surface area contributed by atoms with Crippen molar-refractivity contribution in [2.45, 2.75) is 58.7 Å². The van der Waals surface area contributed by atoms with Crippen molar-refractivity contribution >= 4 is 17.2 Å². The zero-order valence-electron chi connectivity index (χ0n) is 12.6. The summed E-state index contributed by atoms with van der Waals surface area (Å²) in [6, 6.07) is 4.25. The minimum absolute atomic E-state index is 0.0589. The molecule has 1 aliphatic carbocycles. The molecule has 0 radical (unpaired) electrons. The lowest BCUT2D eigenvalue weighted by Crippen LogP contribution is -2.44. The molecule has 2 fully saturated rings. The van der Waals surface area contributed by atoms with Gasteiger partial charge in [-0.2, -0.15) is 0 Å². The van der Waals surface area contributed by atoms with Crippen molar-refractivity contribution in [2.75, 3.05) is 6.54 Å². The number of thiophene rings is 1. The third-order valence-electron chi connectivity index (χ3n) is 5.07. The molecule has 0 spiro atoms. The summed E-state index contributed by atoms with van der Waals surface area (Å²) in [7, 11) is 0. The molecule has 2 heterocycles. The maximum atomic E-state index is 12.5. The molecule has 20 heavy (non-hydrogen) atoms. The van der Waals surface area contributed by atoms with Crippen LogP contribution < -0.4 is 5.32 Å². The van der Waals surface area contributed by atoms with E-state index in [1.54, 1.807) is 11.3 Å². The van der Waals surface area contributed by atoms with Crippen LogP contribution in [0.1, 0.15) is 55.5 Å². The van der Waals surface area contributed by atoms with E-state index < -0.39 is 0 Å². The number of aryl methyl sites for hydroxylation is 1. The summed E-state index contributed by atoms with van der Waals surface area (Å²) in [6.45, 7) is 7.29. The maximum absolute atomic E-state index is 12.5. The average molecular weight is 292 g/mol. The molecule has 1 aromatic heterocycles. The molecule has 0 bridgehead atoms. The molecule has 1 saturated carbocycles. The molecular weight excluding hydrogens is 268 g/mol. The highest BCUT2D eigenvalue weighted by molar-refractivity contribution is 7.12. The van der Waals surface area contributed by atoms with Crippen molar-refractivity contribution < 1.29 is 4.79 Å². The molecule has 2 unspecified atom stereocenters. The van der Waals surface area contributed by atoms with Crippen molar-refractivity contribution in [3.05, 3.63) is 21.9 Å². The van der Waals surface area contributed by atoms with Crippen LogP contribution in [0.25, 0.3) is 0 Å². The van der Waals surface area contributed by atoms with Crippen LogP contribution in [-0.2, 0) is 4.79 Å². The molecule has 2 aliphatic rings. The van der Waals surface area contributed by atoms with Gasteiger partial charge in [-0.1, -0.05) is 13.3 Å². The third-order valence-corrected chi connectivity index (χ3v) is 6.13. The van der Waals surface area contributed by atoms with E-state index >= 15 is 0 Å². The summed E-state index contributed by atoms with van der Waals surface area (Å²) >= 11 is 1.80. The van der Waals surface area contributed by atoms with E-state index in [1.807, 2.05) is 6.92 Å². The first kappa shape index (κ1) is 14.1. The molecule has 2 atom stereocenters. The van der Waals surface area contributed by atoms with E-state index in [1.165, 1.54) is 35.4 Å². The molecule has 0 aromatic carbocycles. The van der Waals surface area contributed by atoms with Gasteiger partial charge in [-0.05, 0) is 50.7 Å². The van der Waals surface area contributed by atoms with Gasteiger partial charge < -0.3 is 4.90 Å². The van der Waals surface area contributed by atoms with Crippen molar-refractivity contribution in [3.8, 4) is 0 Å². The molecule has 1 aromatic rings. The number of hydrogen-bond donors (Lipinski definition) is 1. The molecule has 1 aliphatic heterocycles. The number of nitrogens with zero attached hydrogens (tertiary/aromatic N) is 1. The van der Waals surface area contributed by atoms with Crippen LogP contribution in [0.4, 0.5) is 0 Å². The number of amides is 1. The van der Waals surface area contributed by atoms with E-state index in [-0.39, 0.29) is 18.1 Å². The molecular formula is C16H24N2OS. The second-order valence-corrected chi connectivity index (χ2v) is 7.73. The van der Waals surface area contributed by atoms with Crippen LogP contribution in [0.2, 0.25) is 0 Å². The van der Waals surface area contributed by atoms with E-state index in [9.17, 15) is 4.79 Å². The quantitative estimate of drug-likeness (QED) is 0.922. The van der Waals surface area contributed by atoms with Gasteiger partial charge in [-0.15, -0.1) is 11.3 Å². The Kier molecular flexibility index (Phi) is 3.63. The monoisotopic (exact) mass is 292 g/mol. The van der Waals surface area contributed by atoms with Gasteiger partial charge in [0, 0.05) is 16.3 Å². The smallest absolute Gasteiger partial charge is 0.241 e. The normalized spacial score (nSPS) is 28.8. The lowest BCUT2D eigenvalue weighted by Gasteiger charge is -2.44. The Balaban J connectivity index is 1.83. The van der Waals surface area contributed by atoms with Crippen molar-refractivity contribution in [3.63, 3.8) is 0 Å². The van der Waals surface area contributed by atoms with Gasteiger partial charge in [0.15, 0.2) is 0 Å². The van der Waals surface area contributed by atoms with Crippen molar-refractivity contribution in [1.29, 1.82) is 0 Å². The molecule has 1 amide bonds. The van der Waals surface area contributed by atoms with Crippen LogP contribution in [0.15, 0.2) is 12.1 Å². The Morgan fingerprint density at radius 1 is 1.45 bits per heavy atom. The summed E-state index contributed by atoms with van der Waals surface area (Å²) in [5, 5.41) is 3.46. The van der Waals surface area contributed by atoms with Gasteiger partial charge in [-0.25, -0.2) is 0 Å². The Bertz CT molecular complexity index is 501. The zero-order valence-corrected chi connectivity index (χ0v) is 13.4. The van der Waals surface area contributed by atoms with Gasteiger partial charge >= 0.3 is 0 Å². The lowest BCUT2D eigenvalue weighted by molar-refractivity contribution is -0.132. The molecule has 3 rings (SSSR count). The predicted octanol–water partition coefficient (Wildman–Crippen LogP) is 3.46. The third kappa shape index (κ3) is 2.29. The zero-order chi connectivity index (χ0) is 14.3. The fourth-order valence-corrected chi connectivity index (χ4v) is 4.39. The number of carbonyl (C=O) groups is 1. The summed E-state index contributed by atoms with van der Waals surface area (Å²) in [4.78, 5) is 17.2. The Morgan fingerprint density at radius 2 is 2.20 bits per heavy atom. The fourth-order valence-electron chi connectivity index (χ4n) is 3.44. The first-order chi connectivity index (χ1) is 9.54. The van der Waals surface area contributed by atoms with Gasteiger partial charge in [0.05, 0.1) is 6.04 Å². The van der Waals surface area contributed by atoms with Crippen LogP contribution in [0.3, 0.4) is 0 Å². The molecule has 4 heteroatoms. The van der Waals surface area contributed by atoms with Gasteiger partial charge in [0.1, 0.15) is 6.17 Å². The lowest BCUT2D eigenvalue weighted by atomic mass is 9.66. The van der Waals surface area contributed by atoms with Gasteiger partial charge in [-0.3, -0.25) is 10.1 Å². The number of rotatable bonds is 4. The van der Waals surface area contributed by atoms with Crippen molar-refractivity contribution in [1.82, 2.24) is 10.2 Å². The topological polar surface area (TPSA) is 32.3 Å². The average Bonchev–Trinajstić information content (AvgIpc) is 2.92. The molecule has 1 N–H and O–H groups in total. The first-order valence-corrected chi connectivity index (χ1v) is 8.49. The highest BCUT2D eigenvalue weighted by Gasteiger charge is 2.44. The molecule has 3 nitrogen and oxygen atoms in total. The standard InChI is InChI=1S/C16H24N2OS/c1-4-16(8-5-9-16)10-18-14(17-12(3)15(18)19)13-7-6-11(2)20-13/h6-7,12,14,17H,4-5,8-10H2,1-3H3. The maximum Gasteiger partial charge on any atom is 0.241 e. The number of carbonyl (C=O) groups excluding carboxylic acids is 1. The summed E-state index contributed by atoms with van der Waals surface area (Å²) in [6.07, 6.45) is 5.14. The molecule has 1 saturated heterocycles. The van der Waals surface area contributed by atoms with E-state index in [4.69, 9.17) is 0 Å². The van der Waals surface area contributed by atoms with E-state index in [0.29, 0.717) is 5.41 Å². The largest absolute Gasteiger partial charge is 0.320 e. The second kappa shape index (κ2) is 5.15. The summed E-state index contributed by atoms with van der Waals surface area (Å²) < 4.78 is 0. The summed E-state index contributed by atoms with van der Waals surface area (Å²) in [5.74, 6) is 0.265. The predicted molar refractivity (Wildman–Crippen MR) is 82.7 cm³/mol. The van der Waals surface area contributed by atoms with E-state index in [0.717, 1.165) is 6.54 Å². The van der Waals surface area contributed by atoms with Crippen LogP contribution in [0, 0.1) is 12.3 Å². The van der Waals surface area contributed by atoms with Gasteiger partial charge in [0.2, 0.25) is 5.91 Å². The minimum Gasteiger partial charge on any atom is -0.320 e. The highest BCUT2D eigenvalue weighted by Crippen LogP contribution is 2.46. The number of nitrogens with one attached hydrogen (secondary N) is 1. The highest BCUT2D eigenvalue weighted by atomic mass is 32.1. The Labute approximate surface area is 125 Å².